The summed E-state index contributed by atoms with van der Waals surface area (Å²) in [6, 6.07) is 0. The third kappa shape index (κ3) is 1.21. The summed E-state index contributed by atoms with van der Waals surface area (Å²) in [6.07, 6.45) is 2.52. The van der Waals surface area contributed by atoms with Crippen molar-refractivity contribution in [2.75, 3.05) is 0 Å². The molecular formula is C9H8O3. The third-order valence-corrected chi connectivity index (χ3v) is 1.62. The highest BCUT2D eigenvalue weighted by Crippen LogP contribution is 2.18. The monoisotopic (exact) mass is 164 g/mol. The number of ketones is 2. The average molecular weight is 164 g/mol. The Bertz CT molecular complexity index is 332. The normalized spacial score (nSPS) is 17.1. The van der Waals surface area contributed by atoms with Gasteiger partial charge in [-0.2, -0.15) is 0 Å². The van der Waals surface area contributed by atoms with Crippen molar-refractivity contribution in [1.82, 2.24) is 0 Å². The van der Waals surface area contributed by atoms with Crippen molar-refractivity contribution >= 4 is 11.6 Å². The Hall–Kier alpha value is -1.64. The number of allylic oxidation sites excluding steroid dienone is 4. The van der Waals surface area contributed by atoms with Gasteiger partial charge in [0.2, 0.25) is 0 Å². The van der Waals surface area contributed by atoms with Gasteiger partial charge in [-0.3, -0.25) is 9.59 Å². The van der Waals surface area contributed by atoms with E-state index in [0.717, 1.165) is 0 Å². The fraction of sp³-hybridized carbons (Fsp3) is 0.111. The smallest absolute Gasteiger partial charge is 0.188 e. The van der Waals surface area contributed by atoms with Gasteiger partial charge in [-0.05, 0) is 19.1 Å². The van der Waals surface area contributed by atoms with E-state index in [1.807, 2.05) is 0 Å². The van der Waals surface area contributed by atoms with Gasteiger partial charge in [-0.25, -0.2) is 0 Å². The van der Waals surface area contributed by atoms with Crippen LogP contribution in [-0.4, -0.2) is 16.7 Å². The van der Waals surface area contributed by atoms with E-state index < -0.39 is 0 Å². The summed E-state index contributed by atoms with van der Waals surface area (Å²) in [7, 11) is 0. The van der Waals surface area contributed by atoms with Gasteiger partial charge in [0.05, 0.1) is 11.1 Å². The van der Waals surface area contributed by atoms with Gasteiger partial charge >= 0.3 is 0 Å². The zero-order valence-electron chi connectivity index (χ0n) is 6.63. The molecule has 3 nitrogen and oxygen atoms in total. The SMILES string of the molecule is C=C1C(=O)C=CC(C(C)=O)=C1O. The summed E-state index contributed by atoms with van der Waals surface area (Å²) in [5, 5.41) is 9.27. The van der Waals surface area contributed by atoms with E-state index in [-0.39, 0.29) is 28.5 Å². The fourth-order valence-corrected chi connectivity index (χ4v) is 0.902. The van der Waals surface area contributed by atoms with E-state index in [1.165, 1.54) is 19.1 Å². The second-order valence-corrected chi connectivity index (χ2v) is 2.49. The van der Waals surface area contributed by atoms with Crippen LogP contribution in [0.1, 0.15) is 6.92 Å². The van der Waals surface area contributed by atoms with Crippen molar-refractivity contribution < 1.29 is 14.7 Å². The molecule has 1 rings (SSSR count). The molecule has 1 aliphatic carbocycles. The van der Waals surface area contributed by atoms with Gasteiger partial charge in [0.15, 0.2) is 11.6 Å². The molecule has 0 atom stereocenters. The van der Waals surface area contributed by atoms with Crippen LogP contribution < -0.4 is 0 Å². The van der Waals surface area contributed by atoms with Crippen LogP contribution >= 0.6 is 0 Å². The first-order valence-corrected chi connectivity index (χ1v) is 3.40. The maximum Gasteiger partial charge on any atom is 0.188 e. The van der Waals surface area contributed by atoms with Crippen molar-refractivity contribution in [3.8, 4) is 0 Å². The molecule has 0 amide bonds. The Morgan fingerprint density at radius 2 is 2.08 bits per heavy atom. The molecule has 12 heavy (non-hydrogen) atoms. The maximum absolute atomic E-state index is 10.9. The van der Waals surface area contributed by atoms with E-state index in [2.05, 4.69) is 6.58 Å². The summed E-state index contributed by atoms with van der Waals surface area (Å²) < 4.78 is 0. The van der Waals surface area contributed by atoms with Crippen molar-refractivity contribution in [3.63, 3.8) is 0 Å². The van der Waals surface area contributed by atoms with Crippen molar-refractivity contribution in [2.45, 2.75) is 6.92 Å². The minimum atomic E-state index is -0.363. The molecule has 0 saturated carbocycles. The largest absolute Gasteiger partial charge is 0.506 e. The molecule has 0 heterocycles. The van der Waals surface area contributed by atoms with E-state index in [1.54, 1.807) is 0 Å². The van der Waals surface area contributed by atoms with Gasteiger partial charge < -0.3 is 5.11 Å². The highest BCUT2D eigenvalue weighted by Gasteiger charge is 2.19. The molecule has 0 aromatic heterocycles. The minimum absolute atomic E-state index is 0.0253. The van der Waals surface area contributed by atoms with Gasteiger partial charge in [0.25, 0.3) is 0 Å². The number of aliphatic hydroxyl groups is 1. The zero-order valence-corrected chi connectivity index (χ0v) is 6.63. The maximum atomic E-state index is 10.9. The van der Waals surface area contributed by atoms with E-state index in [9.17, 15) is 14.7 Å². The number of hydrogen-bond donors (Lipinski definition) is 1. The number of carbonyl (C=O) groups excluding carboxylic acids is 2. The lowest BCUT2D eigenvalue weighted by atomic mass is 9.98. The first-order valence-electron chi connectivity index (χ1n) is 3.40. The summed E-state index contributed by atoms with van der Waals surface area (Å²) in [4.78, 5) is 21.7. The average Bonchev–Trinajstić information content (AvgIpc) is 2.00. The first kappa shape index (κ1) is 8.46. The lowest BCUT2D eigenvalue weighted by Crippen LogP contribution is -2.11. The van der Waals surface area contributed by atoms with Crippen molar-refractivity contribution in [2.24, 2.45) is 0 Å². The van der Waals surface area contributed by atoms with E-state index >= 15 is 0 Å². The molecule has 0 unspecified atom stereocenters. The molecule has 0 radical (unpaired) electrons. The topological polar surface area (TPSA) is 54.4 Å². The molecule has 0 spiro atoms. The molecule has 1 aliphatic rings. The van der Waals surface area contributed by atoms with Crippen LogP contribution in [-0.2, 0) is 9.59 Å². The minimum Gasteiger partial charge on any atom is -0.506 e. The Morgan fingerprint density at radius 3 is 2.58 bits per heavy atom. The molecular weight excluding hydrogens is 156 g/mol. The fourth-order valence-electron chi connectivity index (χ4n) is 0.902. The standard InChI is InChI=1S/C9H8O3/c1-5-8(11)4-3-7(6(2)10)9(5)12/h3-4,12H,1H2,2H3. The van der Waals surface area contributed by atoms with Crippen molar-refractivity contribution in [3.05, 3.63) is 35.6 Å². The van der Waals surface area contributed by atoms with Crippen LogP contribution in [0, 0.1) is 0 Å². The molecule has 1 N–H and O–H groups in total. The predicted molar refractivity (Wildman–Crippen MR) is 43.6 cm³/mol. The van der Waals surface area contributed by atoms with Crippen molar-refractivity contribution in [1.29, 1.82) is 0 Å². The van der Waals surface area contributed by atoms with E-state index in [0.29, 0.717) is 0 Å². The highest BCUT2D eigenvalue weighted by atomic mass is 16.3. The van der Waals surface area contributed by atoms with Gasteiger partial charge in [0.1, 0.15) is 5.76 Å². The van der Waals surface area contributed by atoms with Crippen LogP contribution in [0.3, 0.4) is 0 Å². The highest BCUT2D eigenvalue weighted by molar-refractivity contribution is 6.12. The van der Waals surface area contributed by atoms with Crippen LogP contribution in [0.15, 0.2) is 35.6 Å². The number of hydrogen-bond acceptors (Lipinski definition) is 3. The second-order valence-electron chi connectivity index (χ2n) is 2.49. The molecule has 0 aliphatic heterocycles. The summed E-state index contributed by atoms with van der Waals surface area (Å²) in [5.41, 5.74) is 0.113. The molecule has 0 fully saturated rings. The number of carbonyl (C=O) groups is 2. The van der Waals surface area contributed by atoms with Crippen LogP contribution in [0.2, 0.25) is 0 Å². The van der Waals surface area contributed by atoms with Crippen LogP contribution in [0.4, 0.5) is 0 Å². The Balaban J connectivity index is 3.19. The quantitative estimate of drug-likeness (QED) is 0.590. The molecule has 62 valence electrons. The first-order chi connectivity index (χ1) is 5.54. The molecule has 3 heteroatoms. The zero-order chi connectivity index (χ0) is 9.30. The Kier molecular flexibility index (Phi) is 1.95. The molecule has 0 aromatic rings. The second kappa shape index (κ2) is 2.77. The Morgan fingerprint density at radius 1 is 1.50 bits per heavy atom. The molecule has 0 aromatic carbocycles. The van der Waals surface area contributed by atoms with E-state index in [4.69, 9.17) is 0 Å². The number of rotatable bonds is 1. The lowest BCUT2D eigenvalue weighted by molar-refractivity contribution is -0.113. The third-order valence-electron chi connectivity index (χ3n) is 1.62. The van der Waals surface area contributed by atoms with Crippen LogP contribution in [0.25, 0.3) is 0 Å². The molecule has 0 saturated heterocycles. The Labute approximate surface area is 69.7 Å². The summed E-state index contributed by atoms with van der Waals surface area (Å²) in [6.45, 7) is 4.67. The van der Waals surface area contributed by atoms with Gasteiger partial charge in [-0.1, -0.05) is 6.58 Å². The number of aliphatic hydroxyl groups excluding tert-OH is 1. The summed E-state index contributed by atoms with van der Waals surface area (Å²) >= 11 is 0. The van der Waals surface area contributed by atoms with Gasteiger partial charge in [0, 0.05) is 0 Å². The predicted octanol–water partition coefficient (Wildman–Crippen LogP) is 1.08. The molecule has 0 bridgehead atoms. The number of Topliss-reactive ketones (excluding diaryl/α,β-unsaturated/α-hetero) is 1. The lowest BCUT2D eigenvalue weighted by Gasteiger charge is -2.08. The van der Waals surface area contributed by atoms with Gasteiger partial charge in [-0.15, -0.1) is 0 Å². The van der Waals surface area contributed by atoms with Crippen LogP contribution in [0.5, 0.6) is 0 Å². The summed E-state index contributed by atoms with van der Waals surface area (Å²) in [5.74, 6) is -0.954.